The van der Waals surface area contributed by atoms with Crippen molar-refractivity contribution in [1.82, 2.24) is 10.2 Å². The first kappa shape index (κ1) is 19.2. The molecule has 1 saturated heterocycles. The Labute approximate surface area is 141 Å². The normalized spacial score (nSPS) is 17.3. The van der Waals surface area contributed by atoms with Gasteiger partial charge in [0.1, 0.15) is 5.82 Å². The molecule has 0 unspecified atom stereocenters. The molecule has 0 aliphatic carbocycles. The number of halogens is 4. The lowest BCUT2D eigenvalue weighted by Gasteiger charge is -2.33. The van der Waals surface area contributed by atoms with Crippen molar-refractivity contribution in [3.05, 3.63) is 35.1 Å². The lowest BCUT2D eigenvalue weighted by molar-refractivity contribution is -0.211. The molecule has 9 heteroatoms. The van der Waals surface area contributed by atoms with Crippen molar-refractivity contribution in [2.45, 2.75) is 38.1 Å². The predicted molar refractivity (Wildman–Crippen MR) is 80.3 cm³/mol. The summed E-state index contributed by atoms with van der Waals surface area (Å²) in [6.07, 6.45) is -7.61. The molecule has 1 aromatic rings. The number of carbonyl (C=O) groups excluding carboxylic acids is 2. The van der Waals surface area contributed by atoms with Crippen molar-refractivity contribution in [1.29, 1.82) is 0 Å². The van der Waals surface area contributed by atoms with E-state index in [-0.39, 0.29) is 37.5 Å². The fraction of sp³-hybridized carbons (Fsp3) is 0.500. The molecule has 0 radical (unpaired) electrons. The fourth-order valence-electron chi connectivity index (χ4n) is 2.62. The minimum atomic E-state index is -5.01. The molecule has 5 nitrogen and oxygen atoms in total. The molecular weight excluding hydrogens is 344 g/mol. The number of benzene rings is 1. The number of hydrogen-bond donors (Lipinski definition) is 2. The van der Waals surface area contributed by atoms with Gasteiger partial charge in [-0.25, -0.2) is 4.39 Å². The zero-order chi connectivity index (χ0) is 18.8. The van der Waals surface area contributed by atoms with E-state index in [4.69, 9.17) is 5.11 Å². The number of piperidine rings is 1. The zero-order valence-electron chi connectivity index (χ0n) is 13.4. The van der Waals surface area contributed by atoms with Crippen LogP contribution >= 0.6 is 0 Å². The molecule has 1 heterocycles. The van der Waals surface area contributed by atoms with Crippen LogP contribution in [0.15, 0.2) is 18.2 Å². The summed E-state index contributed by atoms with van der Waals surface area (Å²) >= 11 is 0. The van der Waals surface area contributed by atoms with Crippen molar-refractivity contribution in [2.75, 3.05) is 13.1 Å². The summed E-state index contributed by atoms with van der Waals surface area (Å²) in [5, 5.41) is 11.6. The summed E-state index contributed by atoms with van der Waals surface area (Å²) in [5.41, 5.74) is 0.556. The van der Waals surface area contributed by atoms with Gasteiger partial charge in [-0.15, -0.1) is 0 Å². The van der Waals surface area contributed by atoms with Crippen molar-refractivity contribution >= 4 is 11.8 Å². The van der Waals surface area contributed by atoms with E-state index in [1.54, 1.807) is 13.0 Å². The van der Waals surface area contributed by atoms with Crippen LogP contribution < -0.4 is 5.32 Å². The average molecular weight is 362 g/mol. The summed E-state index contributed by atoms with van der Waals surface area (Å²) in [7, 11) is 0. The number of hydrogen-bond acceptors (Lipinski definition) is 3. The van der Waals surface area contributed by atoms with Crippen molar-refractivity contribution in [3.63, 3.8) is 0 Å². The molecule has 1 fully saturated rings. The molecule has 0 spiro atoms. The molecular formula is C16H18F4N2O3. The Kier molecular flexibility index (Phi) is 5.66. The molecule has 1 aliphatic rings. The van der Waals surface area contributed by atoms with E-state index >= 15 is 0 Å². The predicted octanol–water partition coefficient (Wildman–Crippen LogP) is 1.78. The van der Waals surface area contributed by atoms with Gasteiger partial charge >= 0.3 is 6.18 Å². The molecule has 25 heavy (non-hydrogen) atoms. The number of aliphatic hydroxyl groups is 1. The van der Waals surface area contributed by atoms with E-state index < -0.39 is 29.9 Å². The lowest BCUT2D eigenvalue weighted by atomic mass is 10.0. The van der Waals surface area contributed by atoms with Crippen molar-refractivity contribution in [2.24, 2.45) is 0 Å². The molecule has 1 atom stereocenters. The third-order valence-electron chi connectivity index (χ3n) is 4.06. The van der Waals surface area contributed by atoms with E-state index in [9.17, 15) is 27.2 Å². The van der Waals surface area contributed by atoms with Crippen molar-refractivity contribution < 1.29 is 32.3 Å². The Balaban J connectivity index is 1.90. The van der Waals surface area contributed by atoms with Crippen LogP contribution in [0.5, 0.6) is 0 Å². The van der Waals surface area contributed by atoms with Gasteiger partial charge in [0.25, 0.3) is 11.8 Å². The minimum Gasteiger partial charge on any atom is -0.376 e. The third-order valence-corrected chi connectivity index (χ3v) is 4.06. The van der Waals surface area contributed by atoms with Gasteiger partial charge in [0.2, 0.25) is 6.10 Å². The van der Waals surface area contributed by atoms with Crippen LogP contribution in [-0.4, -0.2) is 53.2 Å². The molecule has 2 amide bonds. The Morgan fingerprint density at radius 2 is 1.88 bits per heavy atom. The van der Waals surface area contributed by atoms with Gasteiger partial charge in [0.05, 0.1) is 5.56 Å². The minimum absolute atomic E-state index is 0.0344. The lowest BCUT2D eigenvalue weighted by Crippen LogP contribution is -2.52. The molecule has 0 aromatic heterocycles. The van der Waals surface area contributed by atoms with Crippen LogP contribution in [-0.2, 0) is 4.79 Å². The van der Waals surface area contributed by atoms with E-state index in [1.165, 1.54) is 12.1 Å². The molecule has 2 N–H and O–H groups in total. The number of aryl methyl sites for hydroxylation is 1. The zero-order valence-corrected chi connectivity index (χ0v) is 13.4. The SMILES string of the molecule is Cc1ccc(C(=O)NC2CCN(C(=O)[C@@H](O)C(F)(F)F)CC2)c(F)c1. The summed E-state index contributed by atoms with van der Waals surface area (Å²) < 4.78 is 50.9. The number of rotatable bonds is 3. The van der Waals surface area contributed by atoms with Gasteiger partial charge in [-0.1, -0.05) is 6.07 Å². The Hall–Kier alpha value is -2.16. The highest BCUT2D eigenvalue weighted by Crippen LogP contribution is 2.23. The number of nitrogens with one attached hydrogen (secondary N) is 1. The Morgan fingerprint density at radius 3 is 2.40 bits per heavy atom. The van der Waals surface area contributed by atoms with Crippen LogP contribution in [0.2, 0.25) is 0 Å². The van der Waals surface area contributed by atoms with Gasteiger partial charge in [0.15, 0.2) is 0 Å². The second kappa shape index (κ2) is 7.38. The largest absolute Gasteiger partial charge is 0.423 e. The standard InChI is InChI=1S/C16H18F4N2O3/c1-9-2-3-11(12(17)8-9)14(24)21-10-4-6-22(7-5-10)15(25)13(23)16(18,19)20/h2-3,8,10,13,23H,4-7H2,1H3,(H,21,24)/t13-/m1/s1. The maximum atomic E-state index is 13.8. The molecule has 1 aromatic carbocycles. The average Bonchev–Trinajstić information content (AvgIpc) is 2.53. The number of carbonyl (C=O) groups is 2. The smallest absolute Gasteiger partial charge is 0.376 e. The van der Waals surface area contributed by atoms with E-state index in [1.807, 2.05) is 0 Å². The second-order valence-corrected chi connectivity index (χ2v) is 6.00. The number of nitrogens with zero attached hydrogens (tertiary/aromatic N) is 1. The van der Waals surface area contributed by atoms with E-state index in [0.717, 1.165) is 4.90 Å². The van der Waals surface area contributed by atoms with Gasteiger partial charge in [-0.2, -0.15) is 13.2 Å². The summed E-state index contributed by atoms with van der Waals surface area (Å²) in [6.45, 7) is 1.62. The highest BCUT2D eigenvalue weighted by Gasteiger charge is 2.45. The van der Waals surface area contributed by atoms with Crippen LogP contribution in [0, 0.1) is 12.7 Å². The van der Waals surface area contributed by atoms with Crippen LogP contribution in [0.3, 0.4) is 0 Å². The first-order valence-corrected chi connectivity index (χ1v) is 7.70. The Morgan fingerprint density at radius 1 is 1.28 bits per heavy atom. The van der Waals surface area contributed by atoms with Crippen LogP contribution in [0.25, 0.3) is 0 Å². The van der Waals surface area contributed by atoms with E-state index in [0.29, 0.717) is 5.56 Å². The molecule has 0 saturated carbocycles. The second-order valence-electron chi connectivity index (χ2n) is 6.00. The molecule has 0 bridgehead atoms. The summed E-state index contributed by atoms with van der Waals surface area (Å²) in [5.74, 6) is -2.67. The van der Waals surface area contributed by atoms with Crippen LogP contribution in [0.1, 0.15) is 28.8 Å². The number of alkyl halides is 3. The molecule has 138 valence electrons. The Bertz CT molecular complexity index is 655. The topological polar surface area (TPSA) is 69.6 Å². The maximum Gasteiger partial charge on any atom is 0.423 e. The first-order valence-electron chi connectivity index (χ1n) is 7.70. The molecule has 1 aliphatic heterocycles. The van der Waals surface area contributed by atoms with Gasteiger partial charge < -0.3 is 15.3 Å². The highest BCUT2D eigenvalue weighted by atomic mass is 19.4. The fourth-order valence-corrected chi connectivity index (χ4v) is 2.62. The summed E-state index contributed by atoms with van der Waals surface area (Å²) in [4.78, 5) is 24.6. The van der Waals surface area contributed by atoms with Gasteiger partial charge in [-0.05, 0) is 37.5 Å². The summed E-state index contributed by atoms with van der Waals surface area (Å²) in [6, 6.07) is 3.80. The van der Waals surface area contributed by atoms with Gasteiger partial charge in [-0.3, -0.25) is 9.59 Å². The highest BCUT2D eigenvalue weighted by molar-refractivity contribution is 5.94. The van der Waals surface area contributed by atoms with Gasteiger partial charge in [0, 0.05) is 19.1 Å². The third kappa shape index (κ3) is 4.68. The molecule has 2 rings (SSSR count). The number of likely N-dealkylation sites (tertiary alicyclic amines) is 1. The first-order chi connectivity index (χ1) is 11.6. The van der Waals surface area contributed by atoms with Crippen molar-refractivity contribution in [3.8, 4) is 0 Å². The maximum absolute atomic E-state index is 13.8. The number of amides is 2. The van der Waals surface area contributed by atoms with Crippen LogP contribution in [0.4, 0.5) is 17.6 Å². The van der Waals surface area contributed by atoms with E-state index in [2.05, 4.69) is 5.32 Å². The number of aliphatic hydroxyl groups excluding tert-OH is 1. The quantitative estimate of drug-likeness (QED) is 0.806. The monoisotopic (exact) mass is 362 g/mol.